The zero-order valence-corrected chi connectivity index (χ0v) is 21.5. The summed E-state index contributed by atoms with van der Waals surface area (Å²) in [6.45, 7) is 2.03. The van der Waals surface area contributed by atoms with Crippen LogP contribution in [0.25, 0.3) is 27.6 Å². The summed E-state index contributed by atoms with van der Waals surface area (Å²) in [5.74, 6) is -0.0376. The number of fused-ring (bicyclic) bond motifs is 3. The van der Waals surface area contributed by atoms with Gasteiger partial charge in [0.15, 0.2) is 5.16 Å². The zero-order valence-electron chi connectivity index (χ0n) is 20.7. The van der Waals surface area contributed by atoms with Crippen molar-refractivity contribution >= 4 is 51.3 Å². The van der Waals surface area contributed by atoms with Crippen molar-refractivity contribution in [2.75, 3.05) is 24.8 Å². The van der Waals surface area contributed by atoms with Crippen LogP contribution in [-0.2, 0) is 9.53 Å². The standard InChI is InChI=1S/C28H24N4O5S/c1-3-37-27(35)17-8-10-18(11-9-17)29-23(33)16-38-28-31-24-21-6-4-5-7-22(21)30-25(24)26(34)32(28)19-12-14-20(36-2)15-13-19/h4-15,30H,3,16H2,1-2H3,(H,29,33). The summed E-state index contributed by atoms with van der Waals surface area (Å²) in [7, 11) is 1.57. The number of nitrogens with zero attached hydrogens (tertiary/aromatic N) is 2. The quantitative estimate of drug-likeness (QED) is 0.169. The molecule has 192 valence electrons. The summed E-state index contributed by atoms with van der Waals surface area (Å²) >= 11 is 1.16. The third-order valence-electron chi connectivity index (χ3n) is 5.84. The Labute approximate surface area is 221 Å². The van der Waals surface area contributed by atoms with Gasteiger partial charge in [-0.15, -0.1) is 0 Å². The first-order chi connectivity index (χ1) is 18.5. The normalized spacial score (nSPS) is 11.0. The van der Waals surface area contributed by atoms with Gasteiger partial charge in [0.1, 0.15) is 16.8 Å². The molecule has 38 heavy (non-hydrogen) atoms. The number of carbonyl (C=O) groups is 2. The first-order valence-corrected chi connectivity index (χ1v) is 12.8. The zero-order chi connectivity index (χ0) is 26.6. The summed E-state index contributed by atoms with van der Waals surface area (Å²) < 4.78 is 11.7. The van der Waals surface area contributed by atoms with Crippen LogP contribution >= 0.6 is 11.8 Å². The number of rotatable bonds is 8. The molecule has 1 amide bonds. The number of benzene rings is 3. The minimum absolute atomic E-state index is 0.0100. The average molecular weight is 529 g/mol. The second-order valence-electron chi connectivity index (χ2n) is 8.26. The van der Waals surface area contributed by atoms with E-state index in [2.05, 4.69) is 10.3 Å². The molecule has 0 spiro atoms. The number of aromatic nitrogens is 3. The summed E-state index contributed by atoms with van der Waals surface area (Å²) in [4.78, 5) is 46.3. The molecule has 9 nitrogen and oxygen atoms in total. The molecule has 0 atom stereocenters. The monoisotopic (exact) mass is 528 g/mol. The lowest BCUT2D eigenvalue weighted by Crippen LogP contribution is -2.23. The molecule has 10 heteroatoms. The van der Waals surface area contributed by atoms with E-state index in [-0.39, 0.29) is 23.8 Å². The lowest BCUT2D eigenvalue weighted by atomic mass is 10.2. The number of methoxy groups -OCH3 is 1. The molecular weight excluding hydrogens is 504 g/mol. The van der Waals surface area contributed by atoms with Crippen molar-refractivity contribution in [3.63, 3.8) is 0 Å². The lowest BCUT2D eigenvalue weighted by molar-refractivity contribution is -0.113. The Bertz CT molecular complexity index is 1690. The summed E-state index contributed by atoms with van der Waals surface area (Å²) in [6, 6.07) is 21.1. The van der Waals surface area contributed by atoms with Gasteiger partial charge < -0.3 is 19.8 Å². The Morgan fingerprint density at radius 1 is 1.03 bits per heavy atom. The van der Waals surface area contributed by atoms with Gasteiger partial charge in [-0.25, -0.2) is 9.78 Å². The summed E-state index contributed by atoms with van der Waals surface area (Å²) in [6.07, 6.45) is 0. The highest BCUT2D eigenvalue weighted by atomic mass is 32.2. The maximum atomic E-state index is 13.7. The molecule has 0 saturated carbocycles. The molecule has 3 aromatic carbocycles. The van der Waals surface area contributed by atoms with Crippen LogP contribution in [0.2, 0.25) is 0 Å². The molecule has 0 aliphatic carbocycles. The van der Waals surface area contributed by atoms with Crippen molar-refractivity contribution in [1.29, 1.82) is 0 Å². The highest BCUT2D eigenvalue weighted by molar-refractivity contribution is 7.99. The number of hydrogen-bond donors (Lipinski definition) is 2. The molecule has 0 bridgehead atoms. The molecule has 0 fully saturated rings. The third-order valence-corrected chi connectivity index (χ3v) is 6.78. The van der Waals surface area contributed by atoms with Gasteiger partial charge in [0.25, 0.3) is 5.56 Å². The van der Waals surface area contributed by atoms with Crippen LogP contribution in [0, 0.1) is 0 Å². The Morgan fingerprint density at radius 2 is 1.76 bits per heavy atom. The molecular formula is C28H24N4O5S. The summed E-state index contributed by atoms with van der Waals surface area (Å²) in [5.41, 5.74) is 3.01. The Kier molecular flexibility index (Phi) is 7.14. The third kappa shape index (κ3) is 4.98. The number of H-pyrrole nitrogens is 1. The fraction of sp³-hybridized carbons (Fsp3) is 0.143. The molecule has 0 saturated heterocycles. The van der Waals surface area contributed by atoms with E-state index in [4.69, 9.17) is 14.5 Å². The number of thioether (sulfide) groups is 1. The molecule has 0 aliphatic heterocycles. The molecule has 5 rings (SSSR count). The van der Waals surface area contributed by atoms with Gasteiger partial charge >= 0.3 is 5.97 Å². The number of nitrogens with one attached hydrogen (secondary N) is 2. The maximum absolute atomic E-state index is 13.7. The molecule has 0 radical (unpaired) electrons. The van der Waals surface area contributed by atoms with Crippen LogP contribution in [-0.4, -0.2) is 45.9 Å². The average Bonchev–Trinajstić information content (AvgIpc) is 3.32. The topological polar surface area (TPSA) is 115 Å². The van der Waals surface area contributed by atoms with Crippen molar-refractivity contribution in [2.24, 2.45) is 0 Å². The fourth-order valence-electron chi connectivity index (χ4n) is 4.03. The first-order valence-electron chi connectivity index (χ1n) is 11.9. The van der Waals surface area contributed by atoms with Gasteiger partial charge in [0.2, 0.25) is 5.91 Å². The highest BCUT2D eigenvalue weighted by Crippen LogP contribution is 2.27. The fourth-order valence-corrected chi connectivity index (χ4v) is 4.84. The van der Waals surface area contributed by atoms with Crippen molar-refractivity contribution in [1.82, 2.24) is 14.5 Å². The van der Waals surface area contributed by atoms with Gasteiger partial charge in [-0.1, -0.05) is 30.0 Å². The van der Waals surface area contributed by atoms with E-state index >= 15 is 0 Å². The van der Waals surface area contributed by atoms with E-state index in [1.54, 1.807) is 62.6 Å². The van der Waals surface area contributed by atoms with Crippen LogP contribution in [0.15, 0.2) is 82.7 Å². The number of amides is 1. The van der Waals surface area contributed by atoms with Gasteiger partial charge in [0, 0.05) is 16.6 Å². The number of ether oxygens (including phenoxy) is 2. The number of para-hydroxylation sites is 1. The smallest absolute Gasteiger partial charge is 0.338 e. The predicted molar refractivity (Wildman–Crippen MR) is 148 cm³/mol. The minimum atomic E-state index is -0.420. The molecule has 2 aromatic heterocycles. The number of esters is 1. The Balaban J connectivity index is 1.44. The van der Waals surface area contributed by atoms with Crippen LogP contribution in [0.1, 0.15) is 17.3 Å². The summed E-state index contributed by atoms with van der Waals surface area (Å²) in [5, 5.41) is 4.02. The Morgan fingerprint density at radius 3 is 2.47 bits per heavy atom. The van der Waals surface area contributed by atoms with E-state index in [9.17, 15) is 14.4 Å². The predicted octanol–water partition coefficient (Wildman–Crippen LogP) is 4.78. The van der Waals surface area contributed by atoms with Crippen molar-refractivity contribution in [2.45, 2.75) is 12.1 Å². The van der Waals surface area contributed by atoms with Gasteiger partial charge in [-0.05, 0) is 61.5 Å². The second kappa shape index (κ2) is 10.8. The number of carbonyl (C=O) groups excluding carboxylic acids is 2. The van der Waals surface area contributed by atoms with E-state index in [0.29, 0.717) is 38.9 Å². The van der Waals surface area contributed by atoms with Crippen LogP contribution in [0.5, 0.6) is 5.75 Å². The molecule has 2 N–H and O–H groups in total. The Hall–Kier alpha value is -4.57. The first kappa shape index (κ1) is 25.1. The van der Waals surface area contributed by atoms with Crippen LogP contribution < -0.4 is 15.6 Å². The number of hydrogen-bond acceptors (Lipinski definition) is 7. The SMILES string of the molecule is CCOC(=O)c1ccc(NC(=O)CSc2nc3c([nH]c4ccccc43)c(=O)n2-c2ccc(OC)cc2)cc1. The van der Waals surface area contributed by atoms with E-state index in [1.165, 1.54) is 4.57 Å². The molecule has 2 heterocycles. The van der Waals surface area contributed by atoms with Crippen molar-refractivity contribution < 1.29 is 19.1 Å². The maximum Gasteiger partial charge on any atom is 0.338 e. The van der Waals surface area contributed by atoms with Gasteiger partial charge in [-0.2, -0.15) is 0 Å². The minimum Gasteiger partial charge on any atom is -0.497 e. The molecule has 0 unspecified atom stereocenters. The van der Waals surface area contributed by atoms with Crippen LogP contribution in [0.4, 0.5) is 5.69 Å². The lowest BCUT2D eigenvalue weighted by Gasteiger charge is -2.13. The number of aromatic amines is 1. The van der Waals surface area contributed by atoms with Crippen molar-refractivity contribution in [3.8, 4) is 11.4 Å². The highest BCUT2D eigenvalue weighted by Gasteiger charge is 2.18. The van der Waals surface area contributed by atoms with Crippen LogP contribution in [0.3, 0.4) is 0 Å². The van der Waals surface area contributed by atoms with Gasteiger partial charge in [-0.3, -0.25) is 14.2 Å². The molecule has 0 aliphatic rings. The van der Waals surface area contributed by atoms with Crippen molar-refractivity contribution in [3.05, 3.63) is 88.7 Å². The second-order valence-corrected chi connectivity index (χ2v) is 9.20. The van der Waals surface area contributed by atoms with E-state index in [1.807, 2.05) is 24.3 Å². The van der Waals surface area contributed by atoms with E-state index < -0.39 is 5.97 Å². The number of anilines is 1. The van der Waals surface area contributed by atoms with E-state index in [0.717, 1.165) is 22.7 Å². The largest absolute Gasteiger partial charge is 0.497 e. The molecule has 5 aromatic rings. The van der Waals surface area contributed by atoms with Gasteiger partial charge in [0.05, 0.1) is 30.7 Å².